The predicted molar refractivity (Wildman–Crippen MR) is 88.2 cm³/mol. The molecule has 0 bridgehead atoms. The Balaban J connectivity index is 1.78. The van der Waals surface area contributed by atoms with Gasteiger partial charge in [0, 0.05) is 34.6 Å². The zero-order valence-electron chi connectivity index (χ0n) is 12.3. The molecule has 1 fully saturated rings. The summed E-state index contributed by atoms with van der Waals surface area (Å²) in [6.07, 6.45) is 2.91. The predicted octanol–water partition coefficient (Wildman–Crippen LogP) is 2.22. The van der Waals surface area contributed by atoms with E-state index in [4.69, 9.17) is 4.74 Å². The molecule has 3 rings (SSSR count). The Morgan fingerprint density at radius 2 is 2.30 bits per heavy atom. The Labute approximate surface area is 141 Å². The standard InChI is InChI=1S/C16H17BrN2O4/c17-10-3-1-4-11-14(10)9(8-18-11)7-12(16(21)22)19-15(20)13-5-2-6-23-13/h1,3-4,8,12-13,18H,2,5-7H2,(H,19,20)(H,21,22). The number of carboxylic acids is 1. The molecule has 1 saturated heterocycles. The van der Waals surface area contributed by atoms with Gasteiger partial charge in [-0.2, -0.15) is 0 Å². The first-order chi connectivity index (χ1) is 11.1. The number of carbonyl (C=O) groups excluding carboxylic acids is 1. The summed E-state index contributed by atoms with van der Waals surface area (Å²) in [6, 6.07) is 4.74. The average molecular weight is 381 g/mol. The highest BCUT2D eigenvalue weighted by molar-refractivity contribution is 9.10. The van der Waals surface area contributed by atoms with Crippen molar-refractivity contribution in [2.45, 2.75) is 31.4 Å². The number of aromatic amines is 1. The van der Waals surface area contributed by atoms with Gasteiger partial charge in [-0.15, -0.1) is 0 Å². The Morgan fingerprint density at radius 3 is 3.00 bits per heavy atom. The minimum absolute atomic E-state index is 0.205. The summed E-state index contributed by atoms with van der Waals surface area (Å²) in [6.45, 7) is 0.547. The smallest absolute Gasteiger partial charge is 0.326 e. The summed E-state index contributed by atoms with van der Waals surface area (Å²) >= 11 is 3.48. The highest BCUT2D eigenvalue weighted by Crippen LogP contribution is 2.27. The molecular weight excluding hydrogens is 364 g/mol. The summed E-state index contributed by atoms with van der Waals surface area (Å²) < 4.78 is 6.19. The van der Waals surface area contributed by atoms with Crippen molar-refractivity contribution in [2.24, 2.45) is 0 Å². The van der Waals surface area contributed by atoms with Crippen LogP contribution < -0.4 is 5.32 Å². The highest BCUT2D eigenvalue weighted by Gasteiger charge is 2.28. The second-order valence-corrected chi connectivity index (χ2v) is 6.44. The molecule has 0 aliphatic carbocycles. The van der Waals surface area contributed by atoms with E-state index in [0.29, 0.717) is 13.0 Å². The van der Waals surface area contributed by atoms with Gasteiger partial charge in [-0.05, 0) is 30.5 Å². The van der Waals surface area contributed by atoms with Crippen LogP contribution in [0.5, 0.6) is 0 Å². The minimum Gasteiger partial charge on any atom is -0.480 e. The quantitative estimate of drug-likeness (QED) is 0.741. The number of ether oxygens (including phenoxy) is 1. The molecule has 6 nitrogen and oxygen atoms in total. The number of rotatable bonds is 5. The maximum absolute atomic E-state index is 12.1. The van der Waals surface area contributed by atoms with E-state index in [9.17, 15) is 14.7 Å². The second-order valence-electron chi connectivity index (χ2n) is 5.58. The molecule has 1 amide bonds. The van der Waals surface area contributed by atoms with Crippen LogP contribution in [0, 0.1) is 0 Å². The number of nitrogens with one attached hydrogen (secondary N) is 2. The molecule has 3 N–H and O–H groups in total. The number of hydrogen-bond acceptors (Lipinski definition) is 3. The number of carbonyl (C=O) groups is 2. The second kappa shape index (κ2) is 6.72. The number of aromatic nitrogens is 1. The van der Waals surface area contributed by atoms with Crippen molar-refractivity contribution in [3.63, 3.8) is 0 Å². The van der Waals surface area contributed by atoms with Gasteiger partial charge in [-0.1, -0.05) is 22.0 Å². The molecule has 2 atom stereocenters. The van der Waals surface area contributed by atoms with Crippen LogP contribution in [0.4, 0.5) is 0 Å². The maximum Gasteiger partial charge on any atom is 0.326 e. The lowest BCUT2D eigenvalue weighted by Crippen LogP contribution is -2.46. The molecule has 122 valence electrons. The number of halogens is 1. The van der Waals surface area contributed by atoms with Gasteiger partial charge < -0.3 is 20.1 Å². The van der Waals surface area contributed by atoms with Crippen molar-refractivity contribution < 1.29 is 19.4 Å². The van der Waals surface area contributed by atoms with E-state index >= 15 is 0 Å². The van der Waals surface area contributed by atoms with Crippen LogP contribution in [0.2, 0.25) is 0 Å². The summed E-state index contributed by atoms with van der Waals surface area (Å²) in [5, 5.41) is 13.0. The van der Waals surface area contributed by atoms with Gasteiger partial charge in [0.1, 0.15) is 12.1 Å². The van der Waals surface area contributed by atoms with Crippen molar-refractivity contribution in [2.75, 3.05) is 6.61 Å². The zero-order valence-corrected chi connectivity index (χ0v) is 13.9. The number of aliphatic carboxylic acids is 1. The molecule has 1 aliphatic rings. The van der Waals surface area contributed by atoms with Crippen LogP contribution >= 0.6 is 15.9 Å². The Kier molecular flexibility index (Phi) is 4.68. The van der Waals surface area contributed by atoms with E-state index in [2.05, 4.69) is 26.2 Å². The van der Waals surface area contributed by atoms with E-state index < -0.39 is 18.1 Å². The van der Waals surface area contributed by atoms with E-state index in [-0.39, 0.29) is 12.3 Å². The topological polar surface area (TPSA) is 91.4 Å². The van der Waals surface area contributed by atoms with Gasteiger partial charge in [-0.25, -0.2) is 4.79 Å². The van der Waals surface area contributed by atoms with Gasteiger partial charge in [0.15, 0.2) is 0 Å². The molecule has 1 aliphatic heterocycles. The molecule has 0 radical (unpaired) electrons. The van der Waals surface area contributed by atoms with Crippen molar-refractivity contribution in [3.8, 4) is 0 Å². The van der Waals surface area contributed by atoms with Crippen LogP contribution in [-0.2, 0) is 20.7 Å². The first-order valence-electron chi connectivity index (χ1n) is 7.45. The number of H-pyrrole nitrogens is 1. The number of hydrogen-bond donors (Lipinski definition) is 3. The normalized spacial score (nSPS) is 18.9. The van der Waals surface area contributed by atoms with Crippen LogP contribution in [0.3, 0.4) is 0 Å². The van der Waals surface area contributed by atoms with E-state index in [1.165, 1.54) is 0 Å². The molecule has 23 heavy (non-hydrogen) atoms. The van der Waals surface area contributed by atoms with Gasteiger partial charge in [0.05, 0.1) is 0 Å². The van der Waals surface area contributed by atoms with Crippen LogP contribution in [-0.4, -0.2) is 40.7 Å². The van der Waals surface area contributed by atoms with Crippen molar-refractivity contribution >= 4 is 38.7 Å². The summed E-state index contributed by atoms with van der Waals surface area (Å²) in [5.74, 6) is -1.41. The molecule has 0 spiro atoms. The van der Waals surface area contributed by atoms with Crippen LogP contribution in [0.1, 0.15) is 18.4 Å². The fourth-order valence-electron chi connectivity index (χ4n) is 2.84. The Bertz CT molecular complexity index is 737. The van der Waals surface area contributed by atoms with E-state index in [0.717, 1.165) is 27.4 Å². The minimum atomic E-state index is -1.06. The van der Waals surface area contributed by atoms with E-state index in [1.807, 2.05) is 18.2 Å². The Morgan fingerprint density at radius 1 is 1.48 bits per heavy atom. The molecule has 2 unspecified atom stereocenters. The molecule has 2 aromatic rings. The SMILES string of the molecule is O=C(O)C(Cc1c[nH]c2cccc(Br)c12)NC(=O)C1CCCO1. The number of fused-ring (bicyclic) bond motifs is 1. The molecule has 7 heteroatoms. The lowest BCUT2D eigenvalue weighted by atomic mass is 10.0. The lowest BCUT2D eigenvalue weighted by molar-refractivity contribution is -0.143. The molecular formula is C16H17BrN2O4. The third-order valence-corrected chi connectivity index (χ3v) is 4.66. The maximum atomic E-state index is 12.1. The lowest BCUT2D eigenvalue weighted by Gasteiger charge is -2.17. The summed E-state index contributed by atoms with van der Waals surface area (Å²) in [7, 11) is 0. The van der Waals surface area contributed by atoms with Crippen molar-refractivity contribution in [3.05, 3.63) is 34.4 Å². The third kappa shape index (κ3) is 3.40. The first kappa shape index (κ1) is 16.0. The highest BCUT2D eigenvalue weighted by atomic mass is 79.9. The molecule has 1 aromatic carbocycles. The monoisotopic (exact) mass is 380 g/mol. The van der Waals surface area contributed by atoms with Crippen molar-refractivity contribution in [1.29, 1.82) is 0 Å². The Hall–Kier alpha value is -1.86. The fourth-order valence-corrected chi connectivity index (χ4v) is 3.46. The summed E-state index contributed by atoms with van der Waals surface area (Å²) in [5.41, 5.74) is 1.76. The van der Waals surface area contributed by atoms with E-state index in [1.54, 1.807) is 6.20 Å². The van der Waals surface area contributed by atoms with Crippen LogP contribution in [0.15, 0.2) is 28.9 Å². The third-order valence-electron chi connectivity index (χ3n) is 4.00. The van der Waals surface area contributed by atoms with Gasteiger partial charge in [-0.3, -0.25) is 4.79 Å². The largest absolute Gasteiger partial charge is 0.480 e. The van der Waals surface area contributed by atoms with Gasteiger partial charge in [0.25, 0.3) is 0 Å². The molecule has 2 heterocycles. The first-order valence-corrected chi connectivity index (χ1v) is 8.25. The molecule has 1 aromatic heterocycles. The van der Waals surface area contributed by atoms with Gasteiger partial charge >= 0.3 is 5.97 Å². The van der Waals surface area contributed by atoms with Crippen LogP contribution in [0.25, 0.3) is 10.9 Å². The average Bonchev–Trinajstić information content (AvgIpc) is 3.16. The number of carboxylic acid groups (broad SMARTS) is 1. The van der Waals surface area contributed by atoms with Crippen molar-refractivity contribution in [1.82, 2.24) is 10.3 Å². The number of benzene rings is 1. The van der Waals surface area contributed by atoms with Gasteiger partial charge in [0.2, 0.25) is 5.91 Å². The number of amides is 1. The fraction of sp³-hybridized carbons (Fsp3) is 0.375. The molecule has 0 saturated carbocycles. The summed E-state index contributed by atoms with van der Waals surface area (Å²) in [4.78, 5) is 26.7. The zero-order chi connectivity index (χ0) is 16.4.